The molecule has 1 N–H and O–H groups in total. The fraction of sp³-hybridized carbons (Fsp3) is 0.500. The average Bonchev–Trinajstić information content (AvgIpc) is 2.78. The molecule has 0 saturated carbocycles. The van der Waals surface area contributed by atoms with Crippen LogP contribution in [0.25, 0.3) is 10.2 Å². The molecule has 0 spiro atoms. The molecule has 0 unspecified atom stereocenters. The third-order valence-corrected chi connectivity index (χ3v) is 4.19. The SMILES string of the molecule is CCCCNC(=O)c1sc2ncnc(OCC)c2c1C. The van der Waals surface area contributed by atoms with Gasteiger partial charge in [-0.15, -0.1) is 11.3 Å². The smallest absolute Gasteiger partial charge is 0.261 e. The van der Waals surface area contributed by atoms with E-state index in [0.717, 1.165) is 28.6 Å². The number of ether oxygens (including phenoxy) is 1. The zero-order chi connectivity index (χ0) is 14.5. The number of unbranched alkanes of at least 4 members (excludes halogenated alkanes) is 1. The lowest BCUT2D eigenvalue weighted by atomic mass is 10.2. The van der Waals surface area contributed by atoms with Crippen molar-refractivity contribution >= 4 is 27.5 Å². The van der Waals surface area contributed by atoms with Crippen molar-refractivity contribution in [3.05, 3.63) is 16.8 Å². The number of aromatic nitrogens is 2. The molecular weight excluding hydrogens is 274 g/mol. The Morgan fingerprint density at radius 2 is 2.20 bits per heavy atom. The highest BCUT2D eigenvalue weighted by molar-refractivity contribution is 7.20. The molecule has 1 amide bonds. The standard InChI is InChI=1S/C14H19N3O2S/c1-4-6-7-15-12(18)11-9(3)10-13(19-5-2)16-8-17-14(10)20-11/h8H,4-7H2,1-3H3,(H,15,18). The number of rotatable bonds is 6. The fourth-order valence-corrected chi connectivity index (χ4v) is 3.02. The number of aryl methyl sites for hydroxylation is 1. The zero-order valence-corrected chi connectivity index (χ0v) is 12.8. The maximum Gasteiger partial charge on any atom is 0.261 e. The lowest BCUT2D eigenvalue weighted by Gasteiger charge is -2.04. The molecule has 2 rings (SSSR count). The summed E-state index contributed by atoms with van der Waals surface area (Å²) in [5, 5.41) is 3.78. The monoisotopic (exact) mass is 293 g/mol. The summed E-state index contributed by atoms with van der Waals surface area (Å²) in [5.74, 6) is 0.514. The Labute approximate surface area is 122 Å². The van der Waals surface area contributed by atoms with Gasteiger partial charge in [-0.1, -0.05) is 13.3 Å². The Balaban J connectivity index is 2.33. The topological polar surface area (TPSA) is 64.1 Å². The molecule has 20 heavy (non-hydrogen) atoms. The molecule has 2 aromatic rings. The number of thiophene rings is 1. The minimum absolute atomic E-state index is 0.0404. The van der Waals surface area contributed by atoms with E-state index in [1.807, 2.05) is 13.8 Å². The highest BCUT2D eigenvalue weighted by Crippen LogP contribution is 2.34. The molecule has 0 bridgehead atoms. The molecule has 0 atom stereocenters. The van der Waals surface area contributed by atoms with E-state index in [2.05, 4.69) is 22.2 Å². The number of hydrogen-bond donors (Lipinski definition) is 1. The first-order valence-corrected chi connectivity index (χ1v) is 7.65. The second-order valence-electron chi connectivity index (χ2n) is 4.46. The van der Waals surface area contributed by atoms with Gasteiger partial charge in [0, 0.05) is 6.54 Å². The Kier molecular flexibility index (Phi) is 4.89. The van der Waals surface area contributed by atoms with Gasteiger partial charge in [0.05, 0.1) is 16.9 Å². The number of carbonyl (C=O) groups is 1. The van der Waals surface area contributed by atoms with Crippen LogP contribution in [-0.4, -0.2) is 29.0 Å². The van der Waals surface area contributed by atoms with E-state index < -0.39 is 0 Å². The summed E-state index contributed by atoms with van der Waals surface area (Å²) in [5.41, 5.74) is 0.892. The van der Waals surface area contributed by atoms with Crippen molar-refractivity contribution in [1.29, 1.82) is 0 Å². The Morgan fingerprint density at radius 3 is 2.90 bits per heavy atom. The van der Waals surface area contributed by atoms with Gasteiger partial charge < -0.3 is 10.1 Å². The number of nitrogens with one attached hydrogen (secondary N) is 1. The number of fused-ring (bicyclic) bond motifs is 1. The molecule has 0 aliphatic heterocycles. The van der Waals surface area contributed by atoms with Crippen LogP contribution < -0.4 is 10.1 Å². The van der Waals surface area contributed by atoms with Gasteiger partial charge in [-0.2, -0.15) is 0 Å². The maximum atomic E-state index is 12.2. The minimum atomic E-state index is -0.0404. The maximum absolute atomic E-state index is 12.2. The molecule has 0 aliphatic rings. The second-order valence-corrected chi connectivity index (χ2v) is 5.46. The summed E-state index contributed by atoms with van der Waals surface area (Å²) in [7, 11) is 0. The summed E-state index contributed by atoms with van der Waals surface area (Å²) in [4.78, 5) is 22.1. The largest absolute Gasteiger partial charge is 0.477 e. The normalized spacial score (nSPS) is 10.8. The van der Waals surface area contributed by atoms with Crippen molar-refractivity contribution in [2.75, 3.05) is 13.2 Å². The van der Waals surface area contributed by atoms with Crippen molar-refractivity contribution in [2.24, 2.45) is 0 Å². The van der Waals surface area contributed by atoms with Crippen LogP contribution in [0.2, 0.25) is 0 Å². The lowest BCUT2D eigenvalue weighted by molar-refractivity contribution is 0.0957. The highest BCUT2D eigenvalue weighted by atomic mass is 32.1. The van der Waals surface area contributed by atoms with Crippen molar-refractivity contribution < 1.29 is 9.53 Å². The van der Waals surface area contributed by atoms with Gasteiger partial charge in [0.15, 0.2) is 0 Å². The lowest BCUT2D eigenvalue weighted by Crippen LogP contribution is -2.23. The van der Waals surface area contributed by atoms with Crippen molar-refractivity contribution in [3.8, 4) is 5.88 Å². The molecule has 0 saturated heterocycles. The summed E-state index contributed by atoms with van der Waals surface area (Å²) in [6, 6.07) is 0. The van der Waals surface area contributed by atoms with E-state index in [1.54, 1.807) is 0 Å². The van der Waals surface area contributed by atoms with Crippen LogP contribution in [0.3, 0.4) is 0 Å². The van der Waals surface area contributed by atoms with E-state index in [-0.39, 0.29) is 5.91 Å². The first-order valence-electron chi connectivity index (χ1n) is 6.84. The minimum Gasteiger partial charge on any atom is -0.477 e. The second kappa shape index (κ2) is 6.65. The molecule has 0 aliphatic carbocycles. The quantitative estimate of drug-likeness (QED) is 0.832. The molecule has 0 radical (unpaired) electrons. The first kappa shape index (κ1) is 14.7. The van der Waals surface area contributed by atoms with Crippen LogP contribution in [-0.2, 0) is 0 Å². The molecule has 2 aromatic heterocycles. The number of nitrogens with zero attached hydrogens (tertiary/aromatic N) is 2. The van der Waals surface area contributed by atoms with Crippen LogP contribution in [0.4, 0.5) is 0 Å². The molecule has 5 nitrogen and oxygen atoms in total. The Morgan fingerprint density at radius 1 is 1.40 bits per heavy atom. The Bertz CT molecular complexity index is 610. The third kappa shape index (κ3) is 2.90. The van der Waals surface area contributed by atoms with Crippen LogP contribution in [0.1, 0.15) is 41.9 Å². The van der Waals surface area contributed by atoms with E-state index in [1.165, 1.54) is 17.7 Å². The van der Waals surface area contributed by atoms with Gasteiger partial charge in [0.25, 0.3) is 5.91 Å². The number of carbonyl (C=O) groups excluding carboxylic acids is 1. The third-order valence-electron chi connectivity index (χ3n) is 3.00. The van der Waals surface area contributed by atoms with Gasteiger partial charge in [-0.05, 0) is 25.8 Å². The summed E-state index contributed by atoms with van der Waals surface area (Å²) >= 11 is 1.39. The van der Waals surface area contributed by atoms with Gasteiger partial charge >= 0.3 is 0 Å². The van der Waals surface area contributed by atoms with Crippen molar-refractivity contribution in [3.63, 3.8) is 0 Å². The van der Waals surface area contributed by atoms with Crippen molar-refractivity contribution in [2.45, 2.75) is 33.6 Å². The summed E-state index contributed by atoms with van der Waals surface area (Å²) in [6.07, 6.45) is 3.52. The molecular formula is C14H19N3O2S. The van der Waals surface area contributed by atoms with Crippen molar-refractivity contribution in [1.82, 2.24) is 15.3 Å². The van der Waals surface area contributed by atoms with Crippen LogP contribution >= 0.6 is 11.3 Å². The van der Waals surface area contributed by atoms with Gasteiger partial charge in [-0.25, -0.2) is 9.97 Å². The number of amides is 1. The van der Waals surface area contributed by atoms with Crippen LogP contribution in [0, 0.1) is 6.92 Å². The summed E-state index contributed by atoms with van der Waals surface area (Å²) in [6.45, 7) is 7.17. The van der Waals surface area contributed by atoms with Crippen LogP contribution in [0.15, 0.2) is 6.33 Å². The van der Waals surface area contributed by atoms with E-state index >= 15 is 0 Å². The predicted octanol–water partition coefficient (Wildman–Crippen LogP) is 2.93. The average molecular weight is 293 g/mol. The van der Waals surface area contributed by atoms with Gasteiger partial charge in [0.2, 0.25) is 5.88 Å². The zero-order valence-electron chi connectivity index (χ0n) is 12.0. The predicted molar refractivity (Wildman–Crippen MR) is 80.6 cm³/mol. The van der Waals surface area contributed by atoms with Crippen LogP contribution in [0.5, 0.6) is 5.88 Å². The molecule has 0 aromatic carbocycles. The first-order chi connectivity index (χ1) is 9.69. The molecule has 0 fully saturated rings. The van der Waals surface area contributed by atoms with Gasteiger partial charge in [0.1, 0.15) is 11.2 Å². The molecule has 6 heteroatoms. The molecule has 2 heterocycles. The molecule has 108 valence electrons. The van der Waals surface area contributed by atoms with E-state index in [9.17, 15) is 4.79 Å². The van der Waals surface area contributed by atoms with Gasteiger partial charge in [-0.3, -0.25) is 4.79 Å². The van der Waals surface area contributed by atoms with E-state index in [4.69, 9.17) is 4.74 Å². The highest BCUT2D eigenvalue weighted by Gasteiger charge is 2.19. The number of hydrogen-bond acceptors (Lipinski definition) is 5. The van der Waals surface area contributed by atoms with E-state index in [0.29, 0.717) is 23.9 Å². The fourth-order valence-electron chi connectivity index (χ4n) is 1.96. The summed E-state index contributed by atoms with van der Waals surface area (Å²) < 4.78 is 5.52. The Hall–Kier alpha value is -1.69.